The summed E-state index contributed by atoms with van der Waals surface area (Å²) in [6, 6.07) is 26.7. The summed E-state index contributed by atoms with van der Waals surface area (Å²) < 4.78 is 13.1. The Bertz CT molecular complexity index is 999. The second kappa shape index (κ2) is 12.9. The van der Waals surface area contributed by atoms with E-state index in [9.17, 15) is 5.26 Å². The molecule has 0 N–H and O–H groups in total. The van der Waals surface area contributed by atoms with E-state index >= 15 is 0 Å². The average Bonchev–Trinajstić information content (AvgIpc) is 2.84. The predicted octanol–water partition coefficient (Wildman–Crippen LogP) is 7.84. The van der Waals surface area contributed by atoms with Gasteiger partial charge in [0.05, 0.1) is 23.1 Å². The van der Waals surface area contributed by atoms with Crippen LogP contribution < -0.4 is 9.47 Å². The Morgan fingerprint density at radius 2 is 1.59 bits per heavy atom. The molecule has 0 aliphatic carbocycles. The topological polar surface area (TPSA) is 42.2 Å². The van der Waals surface area contributed by atoms with Crippen LogP contribution in [0.3, 0.4) is 0 Å². The summed E-state index contributed by atoms with van der Waals surface area (Å²) in [5, 5.41) is 9.46. The lowest BCUT2D eigenvalue weighted by Crippen LogP contribution is -2.03. The van der Waals surface area contributed by atoms with Gasteiger partial charge in [-0.15, -0.1) is 0 Å². The van der Waals surface area contributed by atoms with Crippen molar-refractivity contribution >= 4 is 15.9 Å². The highest BCUT2D eigenvalue weighted by molar-refractivity contribution is 9.10. The third-order valence-electron chi connectivity index (χ3n) is 5.49. The Morgan fingerprint density at radius 3 is 2.28 bits per heavy atom. The zero-order valence-electron chi connectivity index (χ0n) is 18.6. The summed E-state index contributed by atoms with van der Waals surface area (Å²) >= 11 is 3.63. The molecule has 0 saturated heterocycles. The molecule has 0 aromatic heterocycles. The van der Waals surface area contributed by atoms with Gasteiger partial charge in [-0.3, -0.25) is 0 Å². The lowest BCUT2D eigenvalue weighted by Gasteiger charge is -2.15. The maximum absolute atomic E-state index is 9.46. The minimum atomic E-state index is -0.0281. The van der Waals surface area contributed by atoms with E-state index in [1.165, 1.54) is 0 Å². The molecule has 4 heteroatoms. The van der Waals surface area contributed by atoms with Crippen LogP contribution in [0.15, 0.2) is 77.3 Å². The first-order chi connectivity index (χ1) is 15.7. The van der Waals surface area contributed by atoms with Crippen LogP contribution in [-0.4, -0.2) is 6.61 Å². The van der Waals surface area contributed by atoms with Gasteiger partial charge in [-0.2, -0.15) is 5.26 Å². The second-order valence-electron chi connectivity index (χ2n) is 7.81. The summed E-state index contributed by atoms with van der Waals surface area (Å²) in [7, 11) is 0. The highest BCUT2D eigenvalue weighted by atomic mass is 79.9. The van der Waals surface area contributed by atoms with Crippen molar-refractivity contribution in [3.63, 3.8) is 0 Å². The van der Waals surface area contributed by atoms with Crippen molar-refractivity contribution in [3.8, 4) is 17.6 Å². The number of ether oxygens (including phenoxy) is 2. The molecule has 0 aliphatic rings. The minimum absolute atomic E-state index is 0.0281. The number of unbranched alkanes of at least 4 members (excludes halogenated alkanes) is 2. The third kappa shape index (κ3) is 7.14. The first kappa shape index (κ1) is 23.9. The Labute approximate surface area is 200 Å². The van der Waals surface area contributed by atoms with Gasteiger partial charge in [0.1, 0.15) is 18.1 Å². The minimum Gasteiger partial charge on any atom is -0.493 e. The molecule has 3 aromatic rings. The quantitative estimate of drug-likeness (QED) is 0.242. The second-order valence-corrected chi connectivity index (χ2v) is 8.66. The Morgan fingerprint density at radius 1 is 0.875 bits per heavy atom. The van der Waals surface area contributed by atoms with Crippen molar-refractivity contribution in [1.82, 2.24) is 0 Å². The van der Waals surface area contributed by atoms with Gasteiger partial charge < -0.3 is 9.47 Å². The zero-order chi connectivity index (χ0) is 22.6. The molecule has 0 aliphatic heterocycles. The van der Waals surface area contributed by atoms with Crippen LogP contribution in [0.1, 0.15) is 55.2 Å². The SMILES string of the molecule is CCc1cc(Br)c(OCc2ccccc2)cc1OCCCCCC(C#N)c1ccccc1. The van der Waals surface area contributed by atoms with Crippen LogP contribution in [0.4, 0.5) is 0 Å². The number of hydrogen-bond donors (Lipinski definition) is 0. The van der Waals surface area contributed by atoms with Crippen molar-refractivity contribution in [2.24, 2.45) is 0 Å². The number of rotatable bonds is 12. The third-order valence-corrected chi connectivity index (χ3v) is 6.11. The molecular formula is C28H30BrNO2. The van der Waals surface area contributed by atoms with Gasteiger partial charge in [-0.1, -0.05) is 80.4 Å². The Kier molecular flexibility index (Phi) is 9.65. The normalized spacial score (nSPS) is 11.5. The number of aryl methyl sites for hydroxylation is 1. The molecule has 0 spiro atoms. The molecule has 0 fully saturated rings. The highest BCUT2D eigenvalue weighted by Gasteiger charge is 2.11. The number of halogens is 1. The summed E-state index contributed by atoms with van der Waals surface area (Å²) in [6.45, 7) is 3.31. The van der Waals surface area contributed by atoms with Crippen molar-refractivity contribution in [2.75, 3.05) is 6.61 Å². The Hall–Kier alpha value is -2.77. The Balaban J connectivity index is 1.48. The number of nitriles is 1. The standard InChI is InChI=1S/C28H30BrNO2/c1-2-23-18-26(29)28(32-21-22-12-6-3-7-13-22)19-27(23)31-17-11-5-10-16-25(20-30)24-14-8-4-9-15-24/h3-4,6-9,12-15,18-19,25H,2,5,10-11,16-17,21H2,1H3. The molecule has 32 heavy (non-hydrogen) atoms. The van der Waals surface area contributed by atoms with Gasteiger partial charge in [-0.05, 0) is 57.9 Å². The number of nitrogens with zero attached hydrogens (tertiary/aromatic N) is 1. The maximum Gasteiger partial charge on any atom is 0.137 e. The predicted molar refractivity (Wildman–Crippen MR) is 133 cm³/mol. The van der Waals surface area contributed by atoms with E-state index in [1.807, 2.05) is 54.6 Å². The fraction of sp³-hybridized carbons (Fsp3) is 0.321. The first-order valence-corrected chi connectivity index (χ1v) is 12.1. The lowest BCUT2D eigenvalue weighted by molar-refractivity contribution is 0.287. The summed E-state index contributed by atoms with van der Waals surface area (Å²) in [5.41, 5.74) is 3.40. The van der Waals surface area contributed by atoms with E-state index in [2.05, 4.69) is 47.1 Å². The molecule has 0 amide bonds. The molecule has 0 saturated carbocycles. The lowest BCUT2D eigenvalue weighted by atomic mass is 9.95. The molecule has 1 atom stereocenters. The van der Waals surface area contributed by atoms with Crippen molar-refractivity contribution in [2.45, 2.75) is 51.6 Å². The van der Waals surface area contributed by atoms with Gasteiger partial charge in [0.2, 0.25) is 0 Å². The summed E-state index contributed by atoms with van der Waals surface area (Å²) in [5.74, 6) is 1.65. The molecule has 3 aromatic carbocycles. The van der Waals surface area contributed by atoms with Gasteiger partial charge in [0.25, 0.3) is 0 Å². The van der Waals surface area contributed by atoms with Crippen molar-refractivity contribution < 1.29 is 9.47 Å². The summed E-state index contributed by atoms with van der Waals surface area (Å²) in [4.78, 5) is 0. The van der Waals surface area contributed by atoms with E-state index in [1.54, 1.807) is 0 Å². The number of benzene rings is 3. The molecule has 166 valence electrons. The van der Waals surface area contributed by atoms with E-state index < -0.39 is 0 Å². The molecule has 1 unspecified atom stereocenters. The average molecular weight is 492 g/mol. The van der Waals surface area contributed by atoms with Crippen LogP contribution in [0.5, 0.6) is 11.5 Å². The van der Waals surface area contributed by atoms with Crippen LogP contribution >= 0.6 is 15.9 Å². The van der Waals surface area contributed by atoms with Gasteiger partial charge in [-0.25, -0.2) is 0 Å². The van der Waals surface area contributed by atoms with E-state index in [0.29, 0.717) is 13.2 Å². The monoisotopic (exact) mass is 491 g/mol. The maximum atomic E-state index is 9.46. The van der Waals surface area contributed by atoms with E-state index in [4.69, 9.17) is 9.47 Å². The molecule has 0 radical (unpaired) electrons. The van der Waals surface area contributed by atoms with Gasteiger partial charge in [0.15, 0.2) is 0 Å². The molecular weight excluding hydrogens is 462 g/mol. The van der Waals surface area contributed by atoms with E-state index in [-0.39, 0.29) is 5.92 Å². The van der Waals surface area contributed by atoms with Crippen molar-refractivity contribution in [1.29, 1.82) is 5.26 Å². The van der Waals surface area contributed by atoms with Crippen LogP contribution in [0.25, 0.3) is 0 Å². The molecule has 0 bridgehead atoms. The summed E-state index contributed by atoms with van der Waals surface area (Å²) in [6.07, 6.45) is 4.81. The van der Waals surface area contributed by atoms with E-state index in [0.717, 1.165) is 64.8 Å². The zero-order valence-corrected chi connectivity index (χ0v) is 20.2. The molecule has 3 rings (SSSR count). The van der Waals surface area contributed by atoms with Gasteiger partial charge >= 0.3 is 0 Å². The smallest absolute Gasteiger partial charge is 0.137 e. The van der Waals surface area contributed by atoms with Crippen molar-refractivity contribution in [3.05, 3.63) is 94.0 Å². The first-order valence-electron chi connectivity index (χ1n) is 11.3. The van der Waals surface area contributed by atoms with Gasteiger partial charge in [0, 0.05) is 6.07 Å². The highest BCUT2D eigenvalue weighted by Crippen LogP contribution is 2.34. The fourth-order valence-electron chi connectivity index (χ4n) is 3.63. The largest absolute Gasteiger partial charge is 0.493 e. The van der Waals surface area contributed by atoms with Crippen LogP contribution in [-0.2, 0) is 13.0 Å². The number of hydrogen-bond acceptors (Lipinski definition) is 3. The molecule has 3 nitrogen and oxygen atoms in total. The fourth-order valence-corrected chi connectivity index (χ4v) is 4.14. The molecule has 0 heterocycles. The van der Waals surface area contributed by atoms with Crippen LogP contribution in [0, 0.1) is 11.3 Å². The van der Waals surface area contributed by atoms with Crippen LogP contribution in [0.2, 0.25) is 0 Å².